The third-order valence-electron chi connectivity index (χ3n) is 2.92. The van der Waals surface area contributed by atoms with E-state index in [-0.39, 0.29) is 0 Å². The van der Waals surface area contributed by atoms with Gasteiger partial charge in [-0.1, -0.05) is 40.0 Å². The average Bonchev–Trinajstić information content (AvgIpc) is 2.23. The second kappa shape index (κ2) is 10.4. The van der Waals surface area contributed by atoms with Crippen LogP contribution in [-0.2, 0) is 4.74 Å². The first kappa shape index (κ1) is 14.9. The quantitative estimate of drug-likeness (QED) is 0.605. The lowest BCUT2D eigenvalue weighted by Gasteiger charge is -2.17. The Kier molecular flexibility index (Phi) is 10.4. The van der Waals surface area contributed by atoms with Crippen molar-refractivity contribution in [1.82, 2.24) is 5.32 Å². The minimum absolute atomic E-state index is 0.624. The molecule has 2 nitrogen and oxygen atoms in total. The van der Waals surface area contributed by atoms with Crippen molar-refractivity contribution in [3.63, 3.8) is 0 Å². The highest BCUT2D eigenvalue weighted by molar-refractivity contribution is 4.63. The van der Waals surface area contributed by atoms with Gasteiger partial charge in [-0.3, -0.25) is 0 Å². The highest BCUT2D eigenvalue weighted by Crippen LogP contribution is 2.11. The molecule has 0 saturated heterocycles. The first-order chi connectivity index (χ1) is 7.24. The van der Waals surface area contributed by atoms with Crippen LogP contribution in [0, 0.1) is 11.8 Å². The highest BCUT2D eigenvalue weighted by atomic mass is 16.5. The third kappa shape index (κ3) is 8.88. The molecule has 0 aromatic carbocycles. The van der Waals surface area contributed by atoms with Gasteiger partial charge >= 0.3 is 0 Å². The Morgan fingerprint density at radius 2 is 1.93 bits per heavy atom. The second-order valence-electron chi connectivity index (χ2n) is 4.64. The summed E-state index contributed by atoms with van der Waals surface area (Å²) in [6.07, 6.45) is 5.36. The zero-order chi connectivity index (χ0) is 11.5. The van der Waals surface area contributed by atoms with Gasteiger partial charge in [-0.25, -0.2) is 0 Å². The van der Waals surface area contributed by atoms with Crippen molar-refractivity contribution < 1.29 is 4.74 Å². The summed E-state index contributed by atoms with van der Waals surface area (Å²) >= 11 is 0. The zero-order valence-corrected chi connectivity index (χ0v) is 11.0. The van der Waals surface area contributed by atoms with Gasteiger partial charge in [-0.15, -0.1) is 0 Å². The Labute approximate surface area is 95.8 Å². The molecule has 0 spiro atoms. The third-order valence-corrected chi connectivity index (χ3v) is 2.92. The molecule has 0 rings (SSSR count). The minimum Gasteiger partial charge on any atom is -0.384 e. The number of ether oxygens (including phenoxy) is 1. The Morgan fingerprint density at radius 3 is 2.47 bits per heavy atom. The van der Waals surface area contributed by atoms with Crippen molar-refractivity contribution in [2.45, 2.75) is 46.5 Å². The van der Waals surface area contributed by atoms with Gasteiger partial charge in [-0.05, 0) is 31.3 Å². The molecule has 2 heteroatoms. The number of nitrogens with one attached hydrogen (secondary N) is 1. The van der Waals surface area contributed by atoms with Gasteiger partial charge in [-0.2, -0.15) is 0 Å². The molecule has 0 aromatic heterocycles. The number of unbranched alkanes of at least 4 members (excludes halogenated alkanes) is 1. The smallest absolute Gasteiger partial charge is 0.0499 e. The van der Waals surface area contributed by atoms with E-state index in [1.54, 1.807) is 7.11 Å². The topological polar surface area (TPSA) is 21.3 Å². The van der Waals surface area contributed by atoms with Gasteiger partial charge in [0.2, 0.25) is 0 Å². The predicted molar refractivity (Wildman–Crippen MR) is 67.2 cm³/mol. The molecule has 0 amide bonds. The fraction of sp³-hybridized carbons (Fsp3) is 1.00. The van der Waals surface area contributed by atoms with E-state index in [0.717, 1.165) is 19.1 Å². The summed E-state index contributed by atoms with van der Waals surface area (Å²) in [5, 5.41) is 3.55. The van der Waals surface area contributed by atoms with Gasteiger partial charge in [0.05, 0.1) is 0 Å². The molecular formula is C13H29NO. The van der Waals surface area contributed by atoms with Crippen molar-refractivity contribution >= 4 is 0 Å². The van der Waals surface area contributed by atoms with Crippen LogP contribution in [-0.4, -0.2) is 26.8 Å². The van der Waals surface area contributed by atoms with Crippen molar-refractivity contribution in [1.29, 1.82) is 0 Å². The molecule has 0 aliphatic heterocycles. The molecule has 15 heavy (non-hydrogen) atoms. The van der Waals surface area contributed by atoms with Crippen LogP contribution in [0.15, 0.2) is 0 Å². The van der Waals surface area contributed by atoms with Crippen LogP contribution in [0.5, 0.6) is 0 Å². The average molecular weight is 215 g/mol. The normalized spacial score (nSPS) is 15.2. The summed E-state index contributed by atoms with van der Waals surface area (Å²) in [5.41, 5.74) is 0. The summed E-state index contributed by atoms with van der Waals surface area (Å²) in [6.45, 7) is 9.89. The van der Waals surface area contributed by atoms with Crippen molar-refractivity contribution in [2.75, 3.05) is 26.8 Å². The maximum atomic E-state index is 5.11. The molecule has 92 valence electrons. The first-order valence-electron chi connectivity index (χ1n) is 6.44. The Bertz CT molecular complexity index is 128. The fourth-order valence-electron chi connectivity index (χ4n) is 1.82. The molecule has 0 aromatic rings. The summed E-state index contributed by atoms with van der Waals surface area (Å²) in [7, 11) is 1.77. The van der Waals surface area contributed by atoms with E-state index >= 15 is 0 Å². The van der Waals surface area contributed by atoms with Crippen LogP contribution in [0.3, 0.4) is 0 Å². The molecule has 0 radical (unpaired) electrons. The molecule has 0 heterocycles. The van der Waals surface area contributed by atoms with Gasteiger partial charge in [0.15, 0.2) is 0 Å². The van der Waals surface area contributed by atoms with E-state index in [4.69, 9.17) is 4.74 Å². The highest BCUT2D eigenvalue weighted by Gasteiger charge is 2.06. The maximum Gasteiger partial charge on any atom is 0.0499 e. The van der Waals surface area contributed by atoms with Crippen molar-refractivity contribution in [3.05, 3.63) is 0 Å². The molecule has 0 bridgehead atoms. The molecule has 0 fully saturated rings. The Hall–Kier alpha value is -0.0800. The van der Waals surface area contributed by atoms with E-state index in [9.17, 15) is 0 Å². The van der Waals surface area contributed by atoms with E-state index in [2.05, 4.69) is 26.1 Å². The lowest BCUT2D eigenvalue weighted by atomic mass is 9.99. The summed E-state index contributed by atoms with van der Waals surface area (Å²) in [4.78, 5) is 0. The summed E-state index contributed by atoms with van der Waals surface area (Å²) in [6, 6.07) is 0. The van der Waals surface area contributed by atoms with E-state index in [0.29, 0.717) is 5.92 Å². The standard InChI is InChI=1S/C13H29NO/c1-5-7-8-13(6-2)10-14-9-12(3)11-15-4/h12-14H,5-11H2,1-4H3. The first-order valence-corrected chi connectivity index (χ1v) is 6.44. The van der Waals surface area contributed by atoms with Gasteiger partial charge in [0.25, 0.3) is 0 Å². The van der Waals surface area contributed by atoms with Crippen LogP contribution in [0.2, 0.25) is 0 Å². The molecule has 2 atom stereocenters. The number of hydrogen-bond acceptors (Lipinski definition) is 2. The number of rotatable bonds is 10. The van der Waals surface area contributed by atoms with Gasteiger partial charge < -0.3 is 10.1 Å². The second-order valence-corrected chi connectivity index (χ2v) is 4.64. The van der Waals surface area contributed by atoms with E-state index in [1.165, 1.54) is 32.2 Å². The SMILES string of the molecule is CCCCC(CC)CNCC(C)COC. The molecule has 1 N–H and O–H groups in total. The van der Waals surface area contributed by atoms with Crippen LogP contribution in [0.4, 0.5) is 0 Å². The number of methoxy groups -OCH3 is 1. The van der Waals surface area contributed by atoms with E-state index < -0.39 is 0 Å². The summed E-state index contributed by atoms with van der Waals surface area (Å²) < 4.78 is 5.11. The largest absolute Gasteiger partial charge is 0.384 e. The maximum absolute atomic E-state index is 5.11. The van der Waals surface area contributed by atoms with Crippen LogP contribution < -0.4 is 5.32 Å². The molecule has 2 unspecified atom stereocenters. The Morgan fingerprint density at radius 1 is 1.20 bits per heavy atom. The zero-order valence-electron chi connectivity index (χ0n) is 11.0. The van der Waals surface area contributed by atoms with E-state index in [1.807, 2.05) is 0 Å². The van der Waals surface area contributed by atoms with Crippen LogP contribution in [0.25, 0.3) is 0 Å². The minimum atomic E-state index is 0.624. The monoisotopic (exact) mass is 215 g/mol. The van der Waals surface area contributed by atoms with Crippen molar-refractivity contribution in [3.8, 4) is 0 Å². The van der Waals surface area contributed by atoms with Gasteiger partial charge in [0.1, 0.15) is 0 Å². The van der Waals surface area contributed by atoms with Crippen molar-refractivity contribution in [2.24, 2.45) is 11.8 Å². The lowest BCUT2D eigenvalue weighted by Crippen LogP contribution is -2.28. The van der Waals surface area contributed by atoms with Gasteiger partial charge in [0, 0.05) is 13.7 Å². The Balaban J connectivity index is 3.44. The molecular weight excluding hydrogens is 186 g/mol. The summed E-state index contributed by atoms with van der Waals surface area (Å²) in [5.74, 6) is 1.48. The molecule has 0 saturated carbocycles. The predicted octanol–water partition coefficient (Wildman–Crippen LogP) is 3.07. The number of hydrogen-bond donors (Lipinski definition) is 1. The van der Waals surface area contributed by atoms with Crippen LogP contribution in [0.1, 0.15) is 46.5 Å². The lowest BCUT2D eigenvalue weighted by molar-refractivity contribution is 0.157. The fourth-order valence-corrected chi connectivity index (χ4v) is 1.82. The molecule has 0 aliphatic carbocycles. The van der Waals surface area contributed by atoms with Crippen LogP contribution >= 0.6 is 0 Å². The molecule has 0 aliphatic rings.